The highest BCUT2D eigenvalue weighted by Gasteiger charge is 2.31. The SMILES string of the molecule is CCCN(CCSc1ccc(O)c(C)c1)S(=O)(=O)c1ccc(C(F)(F)F)cc1. The first-order valence-electron chi connectivity index (χ1n) is 8.65. The Kier molecular flexibility index (Phi) is 7.41. The Morgan fingerprint density at radius 1 is 1.07 bits per heavy atom. The first-order chi connectivity index (χ1) is 13.1. The van der Waals surface area contributed by atoms with Crippen LogP contribution in [-0.2, 0) is 16.2 Å². The molecule has 0 unspecified atom stereocenters. The van der Waals surface area contributed by atoms with Crippen molar-refractivity contribution in [1.29, 1.82) is 0 Å². The quantitative estimate of drug-likeness (QED) is 0.601. The summed E-state index contributed by atoms with van der Waals surface area (Å²) in [5.41, 5.74) is -0.153. The summed E-state index contributed by atoms with van der Waals surface area (Å²) < 4.78 is 65.0. The Labute approximate surface area is 167 Å². The van der Waals surface area contributed by atoms with Gasteiger partial charge in [0.25, 0.3) is 0 Å². The van der Waals surface area contributed by atoms with Gasteiger partial charge in [0.1, 0.15) is 5.75 Å². The number of rotatable bonds is 8. The van der Waals surface area contributed by atoms with E-state index < -0.39 is 21.8 Å². The largest absolute Gasteiger partial charge is 0.508 e. The van der Waals surface area contributed by atoms with E-state index in [4.69, 9.17) is 0 Å². The predicted molar refractivity (Wildman–Crippen MR) is 104 cm³/mol. The molecule has 2 aromatic rings. The Morgan fingerprint density at radius 2 is 1.71 bits per heavy atom. The maximum atomic E-state index is 12.8. The van der Waals surface area contributed by atoms with Gasteiger partial charge in [0.15, 0.2) is 0 Å². The second-order valence-electron chi connectivity index (χ2n) is 6.22. The third kappa shape index (κ3) is 5.65. The number of thioether (sulfide) groups is 1. The van der Waals surface area contributed by atoms with Gasteiger partial charge in [-0.25, -0.2) is 8.42 Å². The summed E-state index contributed by atoms with van der Waals surface area (Å²) in [7, 11) is -3.88. The van der Waals surface area contributed by atoms with Gasteiger partial charge in [-0.05, 0) is 61.4 Å². The molecule has 1 N–H and O–H groups in total. The van der Waals surface area contributed by atoms with Gasteiger partial charge in [0.05, 0.1) is 10.5 Å². The molecule has 0 heterocycles. The van der Waals surface area contributed by atoms with Crippen LogP contribution in [0.15, 0.2) is 52.3 Å². The van der Waals surface area contributed by atoms with Crippen LogP contribution < -0.4 is 0 Å². The lowest BCUT2D eigenvalue weighted by atomic mass is 10.2. The molecule has 0 saturated heterocycles. The minimum atomic E-state index is -4.51. The molecule has 0 aliphatic heterocycles. The lowest BCUT2D eigenvalue weighted by Crippen LogP contribution is -2.33. The average molecular weight is 434 g/mol. The van der Waals surface area contributed by atoms with Gasteiger partial charge in [0.2, 0.25) is 10.0 Å². The summed E-state index contributed by atoms with van der Waals surface area (Å²) in [6.07, 6.45) is -3.92. The maximum absolute atomic E-state index is 12.8. The molecule has 0 bridgehead atoms. The van der Waals surface area contributed by atoms with Crippen molar-refractivity contribution in [1.82, 2.24) is 4.31 Å². The molecule has 4 nitrogen and oxygen atoms in total. The van der Waals surface area contributed by atoms with E-state index in [-0.39, 0.29) is 23.7 Å². The number of aryl methyl sites for hydroxylation is 1. The lowest BCUT2D eigenvalue weighted by molar-refractivity contribution is -0.137. The van der Waals surface area contributed by atoms with Crippen LogP contribution in [0.2, 0.25) is 0 Å². The van der Waals surface area contributed by atoms with Gasteiger partial charge in [-0.3, -0.25) is 0 Å². The number of phenolic OH excluding ortho intramolecular Hbond substituents is 1. The molecule has 0 aromatic heterocycles. The van der Waals surface area contributed by atoms with Gasteiger partial charge >= 0.3 is 6.18 Å². The summed E-state index contributed by atoms with van der Waals surface area (Å²) in [6, 6.07) is 8.71. The number of alkyl halides is 3. The van der Waals surface area contributed by atoms with Crippen LogP contribution >= 0.6 is 11.8 Å². The van der Waals surface area contributed by atoms with E-state index in [9.17, 15) is 26.7 Å². The highest BCUT2D eigenvalue weighted by molar-refractivity contribution is 7.99. The summed E-state index contributed by atoms with van der Waals surface area (Å²) in [4.78, 5) is 0.748. The summed E-state index contributed by atoms with van der Waals surface area (Å²) in [5, 5.41) is 9.56. The van der Waals surface area contributed by atoms with Crippen LogP contribution in [-0.4, -0.2) is 36.7 Å². The molecule has 0 radical (unpaired) electrons. The lowest BCUT2D eigenvalue weighted by Gasteiger charge is -2.22. The number of aromatic hydroxyl groups is 1. The molecule has 0 saturated carbocycles. The molecule has 0 aliphatic carbocycles. The van der Waals surface area contributed by atoms with Crippen molar-refractivity contribution < 1.29 is 26.7 Å². The minimum absolute atomic E-state index is 0.153. The number of nitrogens with zero attached hydrogens (tertiary/aromatic N) is 1. The predicted octanol–water partition coefficient (Wildman–Crippen LogP) is 4.91. The Balaban J connectivity index is 2.11. The molecule has 0 aliphatic rings. The third-order valence-electron chi connectivity index (χ3n) is 4.07. The fourth-order valence-corrected chi connectivity index (χ4v) is 5.17. The van der Waals surface area contributed by atoms with E-state index in [1.165, 1.54) is 16.1 Å². The zero-order valence-corrected chi connectivity index (χ0v) is 17.2. The molecular weight excluding hydrogens is 411 g/mol. The highest BCUT2D eigenvalue weighted by Crippen LogP contribution is 2.30. The Morgan fingerprint density at radius 3 is 2.25 bits per heavy atom. The van der Waals surface area contributed by atoms with Crippen LogP contribution in [0.4, 0.5) is 13.2 Å². The zero-order chi connectivity index (χ0) is 20.9. The number of hydrogen-bond acceptors (Lipinski definition) is 4. The van der Waals surface area contributed by atoms with Crippen LogP contribution in [0, 0.1) is 6.92 Å². The monoisotopic (exact) mass is 433 g/mol. The molecule has 2 aromatic carbocycles. The topological polar surface area (TPSA) is 57.6 Å². The summed E-state index contributed by atoms with van der Waals surface area (Å²) in [5.74, 6) is 0.672. The van der Waals surface area contributed by atoms with Gasteiger partial charge in [-0.1, -0.05) is 6.92 Å². The molecule has 2 rings (SSSR count). The minimum Gasteiger partial charge on any atom is -0.508 e. The molecule has 154 valence electrons. The number of halogens is 3. The van der Waals surface area contributed by atoms with E-state index >= 15 is 0 Å². The first kappa shape index (κ1) is 22.6. The highest BCUT2D eigenvalue weighted by atomic mass is 32.2. The second-order valence-corrected chi connectivity index (χ2v) is 9.33. The summed E-state index contributed by atoms with van der Waals surface area (Å²) >= 11 is 1.45. The molecular formula is C19H22F3NO3S2. The number of phenols is 1. The fraction of sp³-hybridized carbons (Fsp3) is 0.368. The van der Waals surface area contributed by atoms with Crippen LogP contribution in [0.5, 0.6) is 5.75 Å². The second kappa shape index (κ2) is 9.19. The van der Waals surface area contributed by atoms with Gasteiger partial charge < -0.3 is 5.11 Å². The molecule has 0 amide bonds. The average Bonchev–Trinajstić information content (AvgIpc) is 2.63. The molecule has 0 fully saturated rings. The molecule has 9 heteroatoms. The normalized spacial score (nSPS) is 12.5. The van der Waals surface area contributed by atoms with Crippen molar-refractivity contribution in [3.63, 3.8) is 0 Å². The van der Waals surface area contributed by atoms with Gasteiger partial charge in [-0.2, -0.15) is 17.5 Å². The van der Waals surface area contributed by atoms with Crippen molar-refractivity contribution in [3.8, 4) is 5.75 Å². The van der Waals surface area contributed by atoms with E-state index in [0.29, 0.717) is 12.2 Å². The standard InChI is InChI=1S/C19H22F3NO3S2/c1-3-10-23(11-12-27-16-6-9-18(24)14(2)13-16)28(25,26)17-7-4-15(5-8-17)19(20,21)22/h4-9,13,24H,3,10-12H2,1-2H3. The van der Waals surface area contributed by atoms with Gasteiger partial charge in [0, 0.05) is 23.7 Å². The molecule has 28 heavy (non-hydrogen) atoms. The van der Waals surface area contributed by atoms with Crippen molar-refractivity contribution in [2.45, 2.75) is 36.2 Å². The van der Waals surface area contributed by atoms with E-state index in [1.807, 2.05) is 13.0 Å². The Hall–Kier alpha value is -1.71. The van der Waals surface area contributed by atoms with Crippen LogP contribution in [0.1, 0.15) is 24.5 Å². The molecule has 0 spiro atoms. The van der Waals surface area contributed by atoms with E-state index in [2.05, 4.69) is 0 Å². The van der Waals surface area contributed by atoms with Gasteiger partial charge in [-0.15, -0.1) is 11.8 Å². The fourth-order valence-electron chi connectivity index (χ4n) is 2.55. The van der Waals surface area contributed by atoms with Crippen LogP contribution in [0.25, 0.3) is 0 Å². The first-order valence-corrected chi connectivity index (χ1v) is 11.1. The zero-order valence-electron chi connectivity index (χ0n) is 15.5. The van der Waals surface area contributed by atoms with E-state index in [1.54, 1.807) is 19.1 Å². The third-order valence-corrected chi connectivity index (χ3v) is 6.96. The van der Waals surface area contributed by atoms with Crippen LogP contribution in [0.3, 0.4) is 0 Å². The smallest absolute Gasteiger partial charge is 0.416 e. The Bertz CT molecular complexity index is 898. The van der Waals surface area contributed by atoms with Crippen molar-refractivity contribution in [2.75, 3.05) is 18.8 Å². The number of sulfonamides is 1. The van der Waals surface area contributed by atoms with Crippen molar-refractivity contribution in [3.05, 3.63) is 53.6 Å². The number of hydrogen-bond donors (Lipinski definition) is 1. The maximum Gasteiger partial charge on any atom is 0.416 e. The van der Waals surface area contributed by atoms with E-state index in [0.717, 1.165) is 34.7 Å². The number of benzene rings is 2. The summed E-state index contributed by atoms with van der Waals surface area (Å²) in [6.45, 7) is 4.11. The van der Waals surface area contributed by atoms with Crippen molar-refractivity contribution in [2.24, 2.45) is 0 Å². The van der Waals surface area contributed by atoms with Crippen molar-refractivity contribution >= 4 is 21.8 Å². The molecule has 0 atom stereocenters.